The number of hydrazone groups is 1. The summed E-state index contributed by atoms with van der Waals surface area (Å²) in [6.45, 7) is 2.56. The molecule has 126 valence electrons. The van der Waals surface area contributed by atoms with Crippen LogP contribution in [0.1, 0.15) is 12.5 Å². The van der Waals surface area contributed by atoms with Crippen LogP contribution in [-0.2, 0) is 0 Å². The molecule has 3 aromatic rings. The lowest BCUT2D eigenvalue weighted by Crippen LogP contribution is -2.23. The van der Waals surface area contributed by atoms with Crippen LogP contribution in [0.25, 0.3) is 10.8 Å². The lowest BCUT2D eigenvalue weighted by atomic mass is 10.0. The van der Waals surface area contributed by atoms with E-state index in [4.69, 9.17) is 17.0 Å². The van der Waals surface area contributed by atoms with Gasteiger partial charge in [-0.15, -0.1) is 0 Å². The molecule has 0 radical (unpaired) electrons. The number of para-hydroxylation sites is 1. The fraction of sp³-hybridized carbons (Fsp3) is 0.100. The van der Waals surface area contributed by atoms with Gasteiger partial charge in [-0.3, -0.25) is 5.43 Å². The third-order valence-corrected chi connectivity index (χ3v) is 3.82. The molecule has 0 spiro atoms. The Morgan fingerprint density at radius 2 is 1.80 bits per heavy atom. The van der Waals surface area contributed by atoms with E-state index in [0.29, 0.717) is 11.7 Å². The molecule has 0 aliphatic carbocycles. The topological polar surface area (TPSA) is 45.6 Å². The van der Waals surface area contributed by atoms with Gasteiger partial charge < -0.3 is 10.1 Å². The molecule has 0 bridgehead atoms. The Morgan fingerprint density at radius 1 is 1.04 bits per heavy atom. The monoisotopic (exact) mass is 349 g/mol. The van der Waals surface area contributed by atoms with Crippen LogP contribution in [0.3, 0.4) is 0 Å². The fourth-order valence-electron chi connectivity index (χ4n) is 2.53. The van der Waals surface area contributed by atoms with Crippen LogP contribution in [0.4, 0.5) is 5.69 Å². The van der Waals surface area contributed by atoms with Crippen LogP contribution in [-0.4, -0.2) is 17.9 Å². The smallest absolute Gasteiger partial charge is 0.191 e. The Kier molecular flexibility index (Phi) is 5.59. The SMILES string of the molecule is CCOc1ccc2ccccc2c1/C=N\NC(=S)Nc1ccccc1. The normalized spacial score (nSPS) is 10.8. The van der Waals surface area contributed by atoms with E-state index in [2.05, 4.69) is 28.0 Å². The summed E-state index contributed by atoms with van der Waals surface area (Å²) in [7, 11) is 0. The van der Waals surface area contributed by atoms with Gasteiger partial charge in [0.1, 0.15) is 5.75 Å². The minimum atomic E-state index is 0.431. The van der Waals surface area contributed by atoms with Gasteiger partial charge in [0.2, 0.25) is 0 Å². The molecule has 0 heterocycles. The molecule has 0 amide bonds. The molecular formula is C20H19N3OS. The van der Waals surface area contributed by atoms with Crippen LogP contribution in [0.15, 0.2) is 71.8 Å². The summed E-state index contributed by atoms with van der Waals surface area (Å²) in [5, 5.41) is 10.0. The van der Waals surface area contributed by atoms with Crippen molar-refractivity contribution < 1.29 is 4.74 Å². The fourth-order valence-corrected chi connectivity index (χ4v) is 2.70. The number of fused-ring (bicyclic) bond motifs is 1. The van der Waals surface area contributed by atoms with Gasteiger partial charge in [0.25, 0.3) is 0 Å². The number of hydrogen-bond donors (Lipinski definition) is 2. The molecule has 3 aromatic carbocycles. The number of nitrogens with one attached hydrogen (secondary N) is 2. The number of benzene rings is 3. The van der Waals surface area contributed by atoms with E-state index < -0.39 is 0 Å². The highest BCUT2D eigenvalue weighted by Crippen LogP contribution is 2.26. The van der Waals surface area contributed by atoms with Crippen LogP contribution in [0, 0.1) is 0 Å². The van der Waals surface area contributed by atoms with Gasteiger partial charge in [-0.25, -0.2) is 0 Å². The lowest BCUT2D eigenvalue weighted by molar-refractivity contribution is 0.340. The molecule has 0 saturated carbocycles. The molecule has 3 rings (SSSR count). The van der Waals surface area contributed by atoms with Gasteiger partial charge in [0.15, 0.2) is 5.11 Å². The predicted octanol–water partition coefficient (Wildman–Crippen LogP) is 4.56. The number of anilines is 1. The Balaban J connectivity index is 1.78. The number of ether oxygens (including phenoxy) is 1. The van der Waals surface area contributed by atoms with Crippen LogP contribution in [0.5, 0.6) is 5.75 Å². The predicted molar refractivity (Wildman–Crippen MR) is 109 cm³/mol. The zero-order valence-corrected chi connectivity index (χ0v) is 14.7. The molecule has 0 aliphatic rings. The first-order valence-corrected chi connectivity index (χ1v) is 8.48. The Morgan fingerprint density at radius 3 is 2.60 bits per heavy atom. The van der Waals surface area contributed by atoms with Crippen LogP contribution < -0.4 is 15.5 Å². The van der Waals surface area contributed by atoms with E-state index in [1.807, 2.05) is 61.5 Å². The van der Waals surface area contributed by atoms with Gasteiger partial charge in [-0.2, -0.15) is 5.10 Å². The van der Waals surface area contributed by atoms with Gasteiger partial charge >= 0.3 is 0 Å². The quantitative estimate of drug-likeness (QED) is 0.403. The maximum atomic E-state index is 5.73. The highest BCUT2D eigenvalue weighted by molar-refractivity contribution is 7.80. The summed E-state index contributed by atoms with van der Waals surface area (Å²) in [4.78, 5) is 0. The largest absolute Gasteiger partial charge is 0.493 e. The Hall–Kier alpha value is -2.92. The first-order valence-electron chi connectivity index (χ1n) is 8.07. The van der Waals surface area contributed by atoms with E-state index in [1.165, 1.54) is 0 Å². The van der Waals surface area contributed by atoms with E-state index in [1.54, 1.807) is 6.21 Å². The summed E-state index contributed by atoms with van der Waals surface area (Å²) >= 11 is 5.26. The van der Waals surface area contributed by atoms with E-state index in [0.717, 1.165) is 27.8 Å². The summed E-state index contributed by atoms with van der Waals surface area (Å²) in [6, 6.07) is 21.9. The van der Waals surface area contributed by atoms with Gasteiger partial charge in [-0.05, 0) is 48.1 Å². The van der Waals surface area contributed by atoms with Crippen molar-refractivity contribution in [2.75, 3.05) is 11.9 Å². The van der Waals surface area contributed by atoms with Gasteiger partial charge in [-0.1, -0.05) is 48.5 Å². The van der Waals surface area contributed by atoms with Crippen molar-refractivity contribution >= 4 is 40.0 Å². The van der Waals surface area contributed by atoms with Crippen LogP contribution in [0.2, 0.25) is 0 Å². The second kappa shape index (κ2) is 8.26. The molecule has 4 nitrogen and oxygen atoms in total. The molecule has 5 heteroatoms. The standard InChI is InChI=1S/C20H19N3OS/c1-2-24-19-13-12-15-8-6-7-11-17(15)18(19)14-21-23-20(25)22-16-9-4-3-5-10-16/h3-14H,2H2,1H3,(H2,22,23,25)/b21-14-. The third-order valence-electron chi connectivity index (χ3n) is 3.62. The van der Waals surface area contributed by atoms with Crippen molar-refractivity contribution in [3.8, 4) is 5.75 Å². The summed E-state index contributed by atoms with van der Waals surface area (Å²) < 4.78 is 5.73. The van der Waals surface area contributed by atoms with Crippen LogP contribution >= 0.6 is 12.2 Å². The average Bonchev–Trinajstić information content (AvgIpc) is 2.64. The van der Waals surface area contributed by atoms with E-state index >= 15 is 0 Å². The molecule has 0 fully saturated rings. The first-order chi connectivity index (χ1) is 12.3. The first kappa shape index (κ1) is 16.9. The molecule has 2 N–H and O–H groups in total. The molecule has 0 aliphatic heterocycles. The molecule has 0 aromatic heterocycles. The zero-order chi connectivity index (χ0) is 17.5. The Bertz CT molecular complexity index is 894. The van der Waals surface area contributed by atoms with Crippen molar-refractivity contribution in [2.24, 2.45) is 5.10 Å². The number of nitrogens with zero attached hydrogens (tertiary/aromatic N) is 1. The highest BCUT2D eigenvalue weighted by atomic mass is 32.1. The maximum absolute atomic E-state index is 5.73. The average molecular weight is 349 g/mol. The highest BCUT2D eigenvalue weighted by Gasteiger charge is 2.06. The number of rotatable bonds is 5. The minimum absolute atomic E-state index is 0.431. The molecule has 0 atom stereocenters. The number of hydrogen-bond acceptors (Lipinski definition) is 3. The summed E-state index contributed by atoms with van der Waals surface area (Å²) in [6.07, 6.45) is 1.74. The lowest BCUT2D eigenvalue weighted by Gasteiger charge is -2.10. The van der Waals surface area contributed by atoms with E-state index in [-0.39, 0.29) is 0 Å². The molecule has 0 unspecified atom stereocenters. The second-order valence-corrected chi connectivity index (χ2v) is 5.73. The second-order valence-electron chi connectivity index (χ2n) is 5.32. The maximum Gasteiger partial charge on any atom is 0.191 e. The van der Waals surface area contributed by atoms with E-state index in [9.17, 15) is 0 Å². The van der Waals surface area contributed by atoms with Crippen molar-refractivity contribution in [3.63, 3.8) is 0 Å². The van der Waals surface area contributed by atoms with Crippen molar-refractivity contribution in [3.05, 3.63) is 72.3 Å². The molecule has 25 heavy (non-hydrogen) atoms. The summed E-state index contributed by atoms with van der Waals surface area (Å²) in [5.74, 6) is 0.800. The van der Waals surface area contributed by atoms with Gasteiger partial charge in [0, 0.05) is 11.3 Å². The molecular weight excluding hydrogens is 330 g/mol. The minimum Gasteiger partial charge on any atom is -0.493 e. The summed E-state index contributed by atoms with van der Waals surface area (Å²) in [5.41, 5.74) is 4.69. The van der Waals surface area contributed by atoms with Crippen molar-refractivity contribution in [1.82, 2.24) is 5.43 Å². The third kappa shape index (κ3) is 4.33. The van der Waals surface area contributed by atoms with Gasteiger partial charge in [0.05, 0.1) is 12.8 Å². The number of thiocarbonyl (C=S) groups is 1. The van der Waals surface area contributed by atoms with Crippen molar-refractivity contribution in [1.29, 1.82) is 0 Å². The Labute approximate surface area is 152 Å². The molecule has 0 saturated heterocycles. The zero-order valence-electron chi connectivity index (χ0n) is 13.9. The van der Waals surface area contributed by atoms with Crippen molar-refractivity contribution in [2.45, 2.75) is 6.92 Å².